The van der Waals surface area contributed by atoms with E-state index in [1.165, 1.54) is 12.1 Å². The smallest absolute Gasteiger partial charge is 0.417 e. The van der Waals surface area contributed by atoms with Crippen LogP contribution in [0.4, 0.5) is 18.9 Å². The number of alkyl halides is 3. The van der Waals surface area contributed by atoms with Gasteiger partial charge in [0, 0.05) is 48.8 Å². The van der Waals surface area contributed by atoms with Gasteiger partial charge >= 0.3 is 6.18 Å². The highest BCUT2D eigenvalue weighted by molar-refractivity contribution is 5.94. The fraction of sp³-hybridized carbons (Fsp3) is 0.417. The number of nitriles is 1. The van der Waals surface area contributed by atoms with Crippen LogP contribution in [0.2, 0.25) is 0 Å². The molecule has 2 aliphatic rings. The van der Waals surface area contributed by atoms with Crippen LogP contribution in [-0.4, -0.2) is 55.8 Å². The number of nitrogens with zero attached hydrogens (tertiary/aromatic N) is 3. The van der Waals surface area contributed by atoms with Crippen molar-refractivity contribution >= 4 is 11.6 Å². The summed E-state index contributed by atoms with van der Waals surface area (Å²) in [6, 6.07) is 12.1. The molecule has 2 aromatic carbocycles. The van der Waals surface area contributed by atoms with E-state index in [-0.39, 0.29) is 18.4 Å². The van der Waals surface area contributed by atoms with Crippen molar-refractivity contribution in [2.24, 2.45) is 11.3 Å². The molecular formula is C24H24F3N3O3. The Morgan fingerprint density at radius 3 is 2.58 bits per heavy atom. The van der Waals surface area contributed by atoms with Crippen LogP contribution in [0.1, 0.15) is 27.9 Å². The van der Waals surface area contributed by atoms with Crippen LogP contribution in [0.25, 0.3) is 0 Å². The molecule has 33 heavy (non-hydrogen) atoms. The lowest BCUT2D eigenvalue weighted by Crippen LogP contribution is -2.50. The van der Waals surface area contributed by atoms with Gasteiger partial charge in [0.05, 0.1) is 30.9 Å². The SMILES string of the molecule is COc1ccc(C(=O)N2CC[C@@]3(CO)CN(c4ccc(C#N)c(C(F)(F)F)c4)C[C@H]3C2)cc1. The minimum absolute atomic E-state index is 0.0940. The average Bonchev–Trinajstić information content (AvgIpc) is 3.22. The second-order valence-corrected chi connectivity index (χ2v) is 8.67. The molecule has 0 aromatic heterocycles. The molecule has 0 radical (unpaired) electrons. The summed E-state index contributed by atoms with van der Waals surface area (Å²) in [5.74, 6) is 0.431. The van der Waals surface area contributed by atoms with Gasteiger partial charge in [-0.3, -0.25) is 4.79 Å². The molecule has 2 atom stereocenters. The van der Waals surface area contributed by atoms with Gasteiger partial charge in [-0.1, -0.05) is 0 Å². The number of fused-ring (bicyclic) bond motifs is 1. The summed E-state index contributed by atoms with van der Waals surface area (Å²) in [5.41, 5.74) is -0.994. The molecule has 4 rings (SSSR count). The van der Waals surface area contributed by atoms with Crippen LogP contribution < -0.4 is 9.64 Å². The monoisotopic (exact) mass is 459 g/mol. The number of rotatable bonds is 4. The zero-order chi connectivity index (χ0) is 23.8. The first-order valence-electron chi connectivity index (χ1n) is 10.6. The van der Waals surface area contributed by atoms with E-state index in [0.29, 0.717) is 49.6 Å². The third kappa shape index (κ3) is 4.23. The maximum absolute atomic E-state index is 13.4. The first-order chi connectivity index (χ1) is 15.7. The highest BCUT2D eigenvalue weighted by Gasteiger charge is 2.50. The lowest BCUT2D eigenvalue weighted by atomic mass is 9.73. The third-order valence-corrected chi connectivity index (χ3v) is 6.87. The number of amides is 1. The number of piperidine rings is 1. The van der Waals surface area contributed by atoms with Gasteiger partial charge in [0.25, 0.3) is 5.91 Å². The normalized spacial score (nSPS) is 22.6. The van der Waals surface area contributed by atoms with Crippen LogP contribution in [0.3, 0.4) is 0 Å². The molecule has 2 saturated heterocycles. The lowest BCUT2D eigenvalue weighted by Gasteiger charge is -2.42. The number of aliphatic hydroxyl groups excluding tert-OH is 1. The Bertz CT molecular complexity index is 1080. The van der Waals surface area contributed by atoms with E-state index in [4.69, 9.17) is 10.00 Å². The van der Waals surface area contributed by atoms with Crippen molar-refractivity contribution in [1.29, 1.82) is 5.26 Å². The van der Waals surface area contributed by atoms with Gasteiger partial charge in [-0.25, -0.2) is 0 Å². The molecule has 0 unspecified atom stereocenters. The van der Waals surface area contributed by atoms with Crippen molar-refractivity contribution in [2.75, 3.05) is 44.8 Å². The summed E-state index contributed by atoms with van der Waals surface area (Å²) in [4.78, 5) is 16.6. The summed E-state index contributed by atoms with van der Waals surface area (Å²) in [7, 11) is 1.55. The molecular weight excluding hydrogens is 435 g/mol. The van der Waals surface area contributed by atoms with Crippen molar-refractivity contribution in [1.82, 2.24) is 4.90 Å². The van der Waals surface area contributed by atoms with Crippen molar-refractivity contribution in [3.63, 3.8) is 0 Å². The number of carbonyl (C=O) groups is 1. The fourth-order valence-electron chi connectivity index (χ4n) is 4.90. The molecule has 2 aromatic rings. The number of carbonyl (C=O) groups excluding carboxylic acids is 1. The highest BCUT2D eigenvalue weighted by atomic mass is 19.4. The van der Waals surface area contributed by atoms with Gasteiger partial charge in [-0.2, -0.15) is 18.4 Å². The average molecular weight is 459 g/mol. The summed E-state index contributed by atoms with van der Waals surface area (Å²) in [6.07, 6.45) is -4.08. The maximum atomic E-state index is 13.4. The first kappa shape index (κ1) is 22.9. The Morgan fingerprint density at radius 2 is 1.97 bits per heavy atom. The molecule has 0 bridgehead atoms. The third-order valence-electron chi connectivity index (χ3n) is 6.87. The van der Waals surface area contributed by atoms with Crippen LogP contribution in [-0.2, 0) is 6.18 Å². The van der Waals surface area contributed by atoms with E-state index in [1.807, 2.05) is 4.90 Å². The number of hydrogen-bond acceptors (Lipinski definition) is 5. The fourth-order valence-corrected chi connectivity index (χ4v) is 4.90. The summed E-state index contributed by atoms with van der Waals surface area (Å²) < 4.78 is 45.4. The van der Waals surface area contributed by atoms with E-state index in [2.05, 4.69) is 0 Å². The molecule has 9 heteroatoms. The molecule has 0 spiro atoms. The van der Waals surface area contributed by atoms with E-state index in [9.17, 15) is 23.1 Å². The molecule has 174 valence electrons. The Kier molecular flexibility index (Phi) is 5.97. The second kappa shape index (κ2) is 8.60. The maximum Gasteiger partial charge on any atom is 0.417 e. The molecule has 0 aliphatic carbocycles. The van der Waals surface area contributed by atoms with Crippen LogP contribution in [0.15, 0.2) is 42.5 Å². The van der Waals surface area contributed by atoms with Gasteiger partial charge in [0.2, 0.25) is 0 Å². The Balaban J connectivity index is 1.55. The molecule has 0 saturated carbocycles. The highest BCUT2D eigenvalue weighted by Crippen LogP contribution is 2.45. The van der Waals surface area contributed by atoms with Crippen LogP contribution in [0.5, 0.6) is 5.75 Å². The van der Waals surface area contributed by atoms with E-state index in [0.717, 1.165) is 6.07 Å². The standard InChI is InChI=1S/C24H24F3N3O3/c1-33-20-6-3-16(4-7-20)22(32)29-9-8-23(15-31)14-30(13-18(23)12-29)19-5-2-17(11-28)21(10-19)24(25,26)27/h2-7,10,18,31H,8-9,12-15H2,1H3/t18-,23+/m1/s1. The predicted molar refractivity (Wildman–Crippen MR) is 115 cm³/mol. The quantitative estimate of drug-likeness (QED) is 0.757. The Hall–Kier alpha value is -3.25. The lowest BCUT2D eigenvalue weighted by molar-refractivity contribution is -0.137. The molecule has 2 aliphatic heterocycles. The summed E-state index contributed by atoms with van der Waals surface area (Å²) >= 11 is 0. The number of hydrogen-bond donors (Lipinski definition) is 1. The zero-order valence-electron chi connectivity index (χ0n) is 18.1. The number of halogens is 3. The largest absolute Gasteiger partial charge is 0.497 e. The van der Waals surface area contributed by atoms with Crippen LogP contribution >= 0.6 is 0 Å². The first-order valence-corrected chi connectivity index (χ1v) is 10.6. The Morgan fingerprint density at radius 1 is 1.24 bits per heavy atom. The van der Waals surface area contributed by atoms with Crippen molar-refractivity contribution in [3.05, 3.63) is 59.2 Å². The summed E-state index contributed by atoms with van der Waals surface area (Å²) in [5, 5.41) is 19.3. The molecule has 1 amide bonds. The van der Waals surface area contributed by atoms with Gasteiger partial charge < -0.3 is 19.6 Å². The van der Waals surface area contributed by atoms with Gasteiger partial charge in [0.15, 0.2) is 0 Å². The number of aliphatic hydroxyl groups is 1. The van der Waals surface area contributed by atoms with Crippen LogP contribution in [0, 0.1) is 22.7 Å². The Labute approximate surface area is 189 Å². The van der Waals surface area contributed by atoms with Gasteiger partial charge in [0.1, 0.15) is 5.75 Å². The minimum atomic E-state index is -4.64. The van der Waals surface area contributed by atoms with E-state index >= 15 is 0 Å². The zero-order valence-corrected chi connectivity index (χ0v) is 18.1. The molecule has 2 fully saturated rings. The summed E-state index contributed by atoms with van der Waals surface area (Å²) in [6.45, 7) is 1.56. The molecule has 2 heterocycles. The van der Waals surface area contributed by atoms with E-state index < -0.39 is 22.7 Å². The van der Waals surface area contributed by atoms with E-state index in [1.54, 1.807) is 42.3 Å². The minimum Gasteiger partial charge on any atom is -0.497 e. The topological polar surface area (TPSA) is 76.8 Å². The molecule has 6 nitrogen and oxygen atoms in total. The van der Waals surface area contributed by atoms with Crippen molar-refractivity contribution in [2.45, 2.75) is 12.6 Å². The van der Waals surface area contributed by atoms with Crippen molar-refractivity contribution in [3.8, 4) is 11.8 Å². The predicted octanol–water partition coefficient (Wildman–Crippen LogP) is 3.55. The van der Waals surface area contributed by atoms with Gasteiger partial charge in [-0.15, -0.1) is 0 Å². The number of methoxy groups -OCH3 is 1. The number of ether oxygens (including phenoxy) is 1. The van der Waals surface area contributed by atoms with Gasteiger partial charge in [-0.05, 0) is 48.9 Å². The molecule has 1 N–H and O–H groups in total. The number of benzene rings is 2. The number of likely N-dealkylation sites (tertiary alicyclic amines) is 1. The number of anilines is 1. The van der Waals surface area contributed by atoms with Crippen molar-refractivity contribution < 1.29 is 27.8 Å². The second-order valence-electron chi connectivity index (χ2n) is 8.67.